The van der Waals surface area contributed by atoms with E-state index in [1.165, 1.54) is 12.0 Å². The number of likely N-dealkylation sites (tertiary alicyclic amines) is 1. The largest absolute Gasteiger partial charge is 0.381 e. The molecule has 1 aliphatic heterocycles. The number of aliphatic imine (C=N–C) groups is 1. The number of guanidine groups is 1. The molecule has 0 amide bonds. The summed E-state index contributed by atoms with van der Waals surface area (Å²) in [5, 5.41) is 3.38. The van der Waals surface area contributed by atoms with E-state index in [-0.39, 0.29) is 24.0 Å². The topological polar surface area (TPSA) is 46.1 Å². The number of rotatable bonds is 8. The van der Waals surface area contributed by atoms with E-state index in [2.05, 4.69) is 27.3 Å². The van der Waals surface area contributed by atoms with Crippen molar-refractivity contribution in [3.05, 3.63) is 35.9 Å². The summed E-state index contributed by atoms with van der Waals surface area (Å²) in [6.07, 6.45) is 1.17. The van der Waals surface area contributed by atoms with Crippen molar-refractivity contribution >= 4 is 29.9 Å². The lowest BCUT2D eigenvalue weighted by Crippen LogP contribution is -2.41. The van der Waals surface area contributed by atoms with Gasteiger partial charge in [0, 0.05) is 39.2 Å². The van der Waals surface area contributed by atoms with E-state index in [1.54, 1.807) is 0 Å². The molecule has 24 heavy (non-hydrogen) atoms. The van der Waals surface area contributed by atoms with Gasteiger partial charge in [0.25, 0.3) is 0 Å². The fourth-order valence-electron chi connectivity index (χ4n) is 2.78. The zero-order valence-electron chi connectivity index (χ0n) is 14.7. The molecule has 0 aliphatic carbocycles. The van der Waals surface area contributed by atoms with Crippen LogP contribution in [0.1, 0.15) is 18.9 Å². The van der Waals surface area contributed by atoms with Crippen molar-refractivity contribution in [1.82, 2.24) is 10.2 Å². The molecule has 0 aromatic heterocycles. The Kier molecular flexibility index (Phi) is 11.0. The van der Waals surface area contributed by atoms with Crippen LogP contribution in [0.5, 0.6) is 0 Å². The summed E-state index contributed by atoms with van der Waals surface area (Å²) in [4.78, 5) is 6.68. The second-order valence-electron chi connectivity index (χ2n) is 5.77. The van der Waals surface area contributed by atoms with Gasteiger partial charge in [-0.3, -0.25) is 4.99 Å². The van der Waals surface area contributed by atoms with E-state index >= 15 is 0 Å². The fourth-order valence-corrected chi connectivity index (χ4v) is 2.78. The van der Waals surface area contributed by atoms with Gasteiger partial charge in [0.05, 0.1) is 19.8 Å². The monoisotopic (exact) mass is 447 g/mol. The summed E-state index contributed by atoms with van der Waals surface area (Å²) < 4.78 is 11.2. The summed E-state index contributed by atoms with van der Waals surface area (Å²) in [6.45, 7) is 7.85. The van der Waals surface area contributed by atoms with Crippen molar-refractivity contribution in [3.63, 3.8) is 0 Å². The van der Waals surface area contributed by atoms with Crippen LogP contribution in [0.4, 0.5) is 0 Å². The number of ether oxygens (including phenoxy) is 2. The number of nitrogens with one attached hydrogen (secondary N) is 1. The van der Waals surface area contributed by atoms with E-state index in [0.29, 0.717) is 19.1 Å². The van der Waals surface area contributed by atoms with Gasteiger partial charge in [-0.2, -0.15) is 0 Å². The van der Waals surface area contributed by atoms with Crippen molar-refractivity contribution in [3.8, 4) is 0 Å². The van der Waals surface area contributed by atoms with Crippen molar-refractivity contribution in [1.29, 1.82) is 0 Å². The van der Waals surface area contributed by atoms with Gasteiger partial charge in [-0.15, -0.1) is 24.0 Å². The Bertz CT molecular complexity index is 471. The Hall–Kier alpha value is -0.860. The van der Waals surface area contributed by atoms with Crippen molar-refractivity contribution < 1.29 is 9.47 Å². The molecule has 0 spiro atoms. The van der Waals surface area contributed by atoms with Crippen molar-refractivity contribution in [2.24, 2.45) is 10.9 Å². The zero-order chi connectivity index (χ0) is 16.3. The Labute approximate surface area is 162 Å². The van der Waals surface area contributed by atoms with Gasteiger partial charge < -0.3 is 19.7 Å². The molecule has 2 rings (SSSR count). The molecule has 1 fully saturated rings. The van der Waals surface area contributed by atoms with Crippen LogP contribution in [-0.4, -0.2) is 57.4 Å². The molecule has 0 bridgehead atoms. The lowest BCUT2D eigenvalue weighted by Gasteiger charge is -2.21. The summed E-state index contributed by atoms with van der Waals surface area (Å²) in [5.41, 5.74) is 1.20. The quantitative estimate of drug-likeness (QED) is 0.288. The van der Waals surface area contributed by atoms with Gasteiger partial charge in [0.2, 0.25) is 0 Å². The zero-order valence-corrected chi connectivity index (χ0v) is 17.1. The molecule has 0 radical (unpaired) electrons. The Morgan fingerprint density at radius 1 is 1.29 bits per heavy atom. The molecule has 1 unspecified atom stereocenters. The summed E-state index contributed by atoms with van der Waals surface area (Å²) >= 11 is 0. The maximum atomic E-state index is 5.70. The van der Waals surface area contributed by atoms with Crippen LogP contribution in [0.2, 0.25) is 0 Å². The molecular formula is C18H30IN3O2. The van der Waals surface area contributed by atoms with Gasteiger partial charge in [-0.05, 0) is 18.9 Å². The van der Waals surface area contributed by atoms with Crippen LogP contribution >= 0.6 is 24.0 Å². The molecule has 1 aromatic rings. The normalized spacial score (nSPS) is 17.7. The number of hydrogen-bond donors (Lipinski definition) is 1. The Morgan fingerprint density at radius 3 is 2.79 bits per heavy atom. The standard InChI is InChI=1S/C18H29N3O2.HI/c1-3-22-15-17-9-11-21(13-17)18(19-2)20-10-12-23-14-16-7-5-4-6-8-16;/h4-8,17H,3,9-15H2,1-2H3,(H,19,20);1H. The van der Waals surface area contributed by atoms with Crippen LogP contribution in [0.15, 0.2) is 35.3 Å². The third kappa shape index (κ3) is 7.36. The predicted molar refractivity (Wildman–Crippen MR) is 109 cm³/mol. The predicted octanol–water partition coefficient (Wildman–Crippen LogP) is 2.76. The van der Waals surface area contributed by atoms with E-state index in [0.717, 1.165) is 38.8 Å². The fraction of sp³-hybridized carbons (Fsp3) is 0.611. The SMILES string of the molecule is CCOCC1CCN(C(=NC)NCCOCc2ccccc2)C1.I. The number of benzene rings is 1. The molecule has 0 saturated carbocycles. The summed E-state index contributed by atoms with van der Waals surface area (Å²) in [5.74, 6) is 1.58. The van der Waals surface area contributed by atoms with E-state index in [4.69, 9.17) is 9.47 Å². The molecule has 1 N–H and O–H groups in total. The number of hydrogen-bond acceptors (Lipinski definition) is 3. The average Bonchev–Trinajstić information content (AvgIpc) is 3.06. The van der Waals surface area contributed by atoms with Crippen LogP contribution in [0, 0.1) is 5.92 Å². The molecule has 6 heteroatoms. The first-order valence-electron chi connectivity index (χ1n) is 8.48. The van der Waals surface area contributed by atoms with Gasteiger partial charge in [-0.25, -0.2) is 0 Å². The first-order valence-corrected chi connectivity index (χ1v) is 8.48. The molecule has 1 heterocycles. The highest BCUT2D eigenvalue weighted by Gasteiger charge is 2.24. The minimum atomic E-state index is 0. The minimum absolute atomic E-state index is 0. The van der Waals surface area contributed by atoms with Crippen molar-refractivity contribution in [2.45, 2.75) is 20.0 Å². The van der Waals surface area contributed by atoms with Gasteiger partial charge >= 0.3 is 0 Å². The second-order valence-corrected chi connectivity index (χ2v) is 5.77. The minimum Gasteiger partial charge on any atom is -0.381 e. The number of halogens is 1. The van der Waals surface area contributed by atoms with Crippen LogP contribution in [0.3, 0.4) is 0 Å². The molecule has 1 saturated heterocycles. The summed E-state index contributed by atoms with van der Waals surface area (Å²) in [7, 11) is 1.84. The molecule has 1 aromatic carbocycles. The van der Waals surface area contributed by atoms with Crippen LogP contribution < -0.4 is 5.32 Å². The highest BCUT2D eigenvalue weighted by molar-refractivity contribution is 14.0. The molecule has 1 aliphatic rings. The lowest BCUT2D eigenvalue weighted by atomic mass is 10.1. The summed E-state index contributed by atoms with van der Waals surface area (Å²) in [6, 6.07) is 10.2. The van der Waals surface area contributed by atoms with E-state index < -0.39 is 0 Å². The smallest absolute Gasteiger partial charge is 0.193 e. The molecule has 5 nitrogen and oxygen atoms in total. The second kappa shape index (κ2) is 12.5. The van der Waals surface area contributed by atoms with Crippen molar-refractivity contribution in [2.75, 3.05) is 46.5 Å². The third-order valence-electron chi connectivity index (χ3n) is 4.00. The van der Waals surface area contributed by atoms with Gasteiger partial charge in [-0.1, -0.05) is 30.3 Å². The van der Waals surface area contributed by atoms with Crippen LogP contribution in [0.25, 0.3) is 0 Å². The van der Waals surface area contributed by atoms with E-state index in [1.807, 2.05) is 32.2 Å². The van der Waals surface area contributed by atoms with Crippen LogP contribution in [-0.2, 0) is 16.1 Å². The first-order chi connectivity index (χ1) is 11.3. The maximum absolute atomic E-state index is 5.70. The number of nitrogens with zero attached hydrogens (tertiary/aromatic N) is 2. The molecular weight excluding hydrogens is 417 g/mol. The van der Waals surface area contributed by atoms with Gasteiger partial charge in [0.15, 0.2) is 5.96 Å². The maximum Gasteiger partial charge on any atom is 0.193 e. The highest BCUT2D eigenvalue weighted by atomic mass is 127. The Balaban J connectivity index is 0.00000288. The Morgan fingerprint density at radius 2 is 2.08 bits per heavy atom. The molecule has 136 valence electrons. The average molecular weight is 447 g/mol. The van der Waals surface area contributed by atoms with E-state index in [9.17, 15) is 0 Å². The molecule has 1 atom stereocenters. The first kappa shape index (κ1) is 21.2. The third-order valence-corrected chi connectivity index (χ3v) is 4.00. The highest BCUT2D eigenvalue weighted by Crippen LogP contribution is 2.16. The lowest BCUT2D eigenvalue weighted by molar-refractivity contribution is 0.114. The van der Waals surface area contributed by atoms with Gasteiger partial charge in [0.1, 0.15) is 0 Å².